The van der Waals surface area contributed by atoms with Crippen LogP contribution in [0.3, 0.4) is 0 Å². The van der Waals surface area contributed by atoms with Crippen LogP contribution in [0, 0.1) is 23.1 Å². The van der Waals surface area contributed by atoms with Crippen LogP contribution in [0.5, 0.6) is 5.88 Å². The molecular formula is C30H29FN6O4. The quantitative estimate of drug-likeness (QED) is 0.317. The lowest BCUT2D eigenvalue weighted by atomic mass is 9.91. The number of nitrogens with one attached hydrogen (secondary N) is 1. The van der Waals surface area contributed by atoms with E-state index in [0.29, 0.717) is 36.0 Å². The van der Waals surface area contributed by atoms with Crippen molar-refractivity contribution in [3.63, 3.8) is 0 Å². The Morgan fingerprint density at radius 3 is 2.90 bits per heavy atom. The fourth-order valence-corrected chi connectivity index (χ4v) is 6.25. The number of fused-ring (bicyclic) bond motifs is 2. The van der Waals surface area contributed by atoms with Gasteiger partial charge >= 0.3 is 5.97 Å². The maximum atomic E-state index is 14.3. The number of ether oxygens (including phenoxy) is 2. The van der Waals surface area contributed by atoms with Gasteiger partial charge in [-0.25, -0.2) is 19.2 Å². The van der Waals surface area contributed by atoms with Gasteiger partial charge in [0.25, 0.3) is 0 Å². The van der Waals surface area contributed by atoms with Gasteiger partial charge in [0.15, 0.2) is 0 Å². The maximum absolute atomic E-state index is 14.3. The number of aromatic carboxylic acids is 1. The summed E-state index contributed by atoms with van der Waals surface area (Å²) in [7, 11) is 0. The van der Waals surface area contributed by atoms with Crippen LogP contribution in [0.25, 0.3) is 11.2 Å². The average molecular weight is 557 g/mol. The SMILES string of the molecule is N#Cc1ccc(COc2cccc([C@]34CCN(Cc5nc6cc(C(=O)O)[nH]c6n5C[C@@H]5CCO5)C[C@H]3C4)n2)c(F)c1. The molecule has 0 radical (unpaired) electrons. The highest BCUT2D eigenvalue weighted by Crippen LogP contribution is 2.58. The van der Waals surface area contributed by atoms with E-state index in [-0.39, 0.29) is 29.4 Å². The van der Waals surface area contributed by atoms with Crippen LogP contribution in [0.4, 0.5) is 4.39 Å². The molecule has 0 amide bonds. The van der Waals surface area contributed by atoms with E-state index in [0.717, 1.165) is 56.1 Å². The average Bonchev–Trinajstić information content (AvgIpc) is 3.40. The second-order valence-electron chi connectivity index (χ2n) is 11.3. The lowest BCUT2D eigenvalue weighted by Gasteiger charge is -2.32. The van der Waals surface area contributed by atoms with Gasteiger partial charge in [0.05, 0.1) is 36.5 Å². The number of H-pyrrole nitrogens is 1. The van der Waals surface area contributed by atoms with Gasteiger partial charge in [-0.05, 0) is 56.0 Å². The van der Waals surface area contributed by atoms with Crippen molar-refractivity contribution in [2.75, 3.05) is 19.7 Å². The second kappa shape index (κ2) is 9.98. The second-order valence-corrected chi connectivity index (χ2v) is 11.3. The summed E-state index contributed by atoms with van der Waals surface area (Å²) in [5, 5.41) is 18.4. The van der Waals surface area contributed by atoms with Crippen molar-refractivity contribution < 1.29 is 23.8 Å². The van der Waals surface area contributed by atoms with Crippen molar-refractivity contribution in [3.05, 3.63) is 76.6 Å². The number of aromatic amines is 1. The number of nitrogens with zero attached hydrogens (tertiary/aromatic N) is 5. The fraction of sp³-hybridized carbons (Fsp3) is 0.400. The van der Waals surface area contributed by atoms with Crippen LogP contribution in [-0.4, -0.2) is 61.3 Å². The molecule has 0 bridgehead atoms. The molecule has 2 saturated heterocycles. The Bertz CT molecular complexity index is 1690. The molecule has 7 rings (SSSR count). The van der Waals surface area contributed by atoms with Crippen molar-refractivity contribution in [2.45, 2.75) is 50.5 Å². The van der Waals surface area contributed by atoms with Crippen LogP contribution < -0.4 is 4.74 Å². The largest absolute Gasteiger partial charge is 0.477 e. The number of aromatic nitrogens is 4. The Hall–Kier alpha value is -4.27. The van der Waals surface area contributed by atoms with Crippen molar-refractivity contribution in [1.29, 1.82) is 5.26 Å². The number of likely N-dealkylation sites (tertiary alicyclic amines) is 1. The summed E-state index contributed by atoms with van der Waals surface area (Å²) in [6.45, 7) is 3.93. The van der Waals surface area contributed by atoms with Crippen LogP contribution in [-0.2, 0) is 29.8 Å². The number of halogens is 1. The number of nitriles is 1. The van der Waals surface area contributed by atoms with Gasteiger partial charge < -0.3 is 24.1 Å². The fourth-order valence-electron chi connectivity index (χ4n) is 6.25. The topological polar surface area (TPSA) is 129 Å². The number of rotatable bonds is 9. The highest BCUT2D eigenvalue weighted by atomic mass is 19.1. The molecule has 0 spiro atoms. The monoisotopic (exact) mass is 556 g/mol. The minimum Gasteiger partial charge on any atom is -0.477 e. The molecule has 3 aliphatic rings. The molecule has 3 atom stereocenters. The summed E-state index contributed by atoms with van der Waals surface area (Å²) in [5.74, 6) is 0.382. The maximum Gasteiger partial charge on any atom is 0.352 e. The molecule has 3 fully saturated rings. The smallest absolute Gasteiger partial charge is 0.352 e. The zero-order valence-electron chi connectivity index (χ0n) is 22.3. The van der Waals surface area contributed by atoms with Gasteiger partial charge in [0, 0.05) is 30.2 Å². The highest BCUT2D eigenvalue weighted by molar-refractivity contribution is 5.91. The molecule has 3 aromatic heterocycles. The number of hydrogen-bond donors (Lipinski definition) is 2. The third-order valence-corrected chi connectivity index (χ3v) is 8.76. The molecule has 11 heteroatoms. The molecule has 41 heavy (non-hydrogen) atoms. The zero-order chi connectivity index (χ0) is 28.1. The number of hydrogen-bond acceptors (Lipinski definition) is 7. The lowest BCUT2D eigenvalue weighted by Crippen LogP contribution is -2.37. The highest BCUT2D eigenvalue weighted by Gasteiger charge is 2.58. The Kier molecular flexibility index (Phi) is 6.25. The molecule has 0 unspecified atom stereocenters. The molecule has 2 N–H and O–H groups in total. The summed E-state index contributed by atoms with van der Waals surface area (Å²) in [6.07, 6.45) is 3.12. The summed E-state index contributed by atoms with van der Waals surface area (Å²) in [5.41, 5.74) is 3.22. The van der Waals surface area contributed by atoms with Gasteiger partial charge in [0.1, 0.15) is 35.1 Å². The van der Waals surface area contributed by atoms with Crippen LogP contribution in [0.2, 0.25) is 0 Å². The van der Waals surface area contributed by atoms with Crippen molar-refractivity contribution in [1.82, 2.24) is 24.4 Å². The first-order valence-corrected chi connectivity index (χ1v) is 13.9. The number of carboxylic acid groups (broad SMARTS) is 1. The van der Waals surface area contributed by atoms with Gasteiger partial charge in [-0.3, -0.25) is 4.90 Å². The number of benzene rings is 1. The predicted molar refractivity (Wildman–Crippen MR) is 145 cm³/mol. The Morgan fingerprint density at radius 1 is 1.29 bits per heavy atom. The normalized spacial score (nSPS) is 23.5. The van der Waals surface area contributed by atoms with E-state index in [9.17, 15) is 14.3 Å². The Morgan fingerprint density at radius 2 is 2.17 bits per heavy atom. The summed E-state index contributed by atoms with van der Waals surface area (Å²) in [6, 6.07) is 13.7. The minimum atomic E-state index is -0.999. The molecule has 5 heterocycles. The third kappa shape index (κ3) is 4.73. The first kappa shape index (κ1) is 25.7. The Balaban J connectivity index is 1.03. The molecule has 4 aromatic rings. The first-order valence-electron chi connectivity index (χ1n) is 13.9. The molecule has 210 valence electrons. The number of carbonyl (C=O) groups is 1. The third-order valence-electron chi connectivity index (χ3n) is 8.76. The van der Waals surface area contributed by atoms with E-state index in [4.69, 9.17) is 24.7 Å². The van der Waals surface area contributed by atoms with Gasteiger partial charge in [-0.15, -0.1) is 0 Å². The first-order chi connectivity index (χ1) is 19.9. The van der Waals surface area contributed by atoms with Gasteiger partial charge in [-0.1, -0.05) is 12.1 Å². The predicted octanol–water partition coefficient (Wildman–Crippen LogP) is 4.00. The van der Waals surface area contributed by atoms with Crippen LogP contribution in [0.15, 0.2) is 42.5 Å². The molecule has 1 aliphatic carbocycles. The molecule has 10 nitrogen and oxygen atoms in total. The van der Waals surface area contributed by atoms with Gasteiger partial charge in [0.2, 0.25) is 5.88 Å². The number of pyridine rings is 1. The van der Waals surface area contributed by atoms with E-state index < -0.39 is 11.8 Å². The molecular weight excluding hydrogens is 527 g/mol. The van der Waals surface area contributed by atoms with Crippen LogP contribution >= 0.6 is 0 Å². The number of piperidine rings is 1. The Labute approximate surface area is 235 Å². The van der Waals surface area contributed by atoms with Crippen molar-refractivity contribution >= 4 is 17.1 Å². The summed E-state index contributed by atoms with van der Waals surface area (Å²) >= 11 is 0. The van der Waals surface area contributed by atoms with E-state index in [2.05, 4.69) is 20.5 Å². The minimum absolute atomic E-state index is 0.0210. The summed E-state index contributed by atoms with van der Waals surface area (Å²) in [4.78, 5) is 26.5. The zero-order valence-corrected chi connectivity index (χ0v) is 22.3. The van der Waals surface area contributed by atoms with Crippen molar-refractivity contribution in [3.8, 4) is 11.9 Å². The van der Waals surface area contributed by atoms with E-state index in [1.807, 2.05) is 12.1 Å². The molecule has 1 saturated carbocycles. The summed E-state index contributed by atoms with van der Waals surface area (Å²) < 4.78 is 27.9. The van der Waals surface area contributed by atoms with E-state index in [1.165, 1.54) is 6.07 Å². The standard InChI is InChI=1S/C30H29FN6O4/c31-22-10-18(13-32)4-5-19(22)17-41-27-3-1-2-25(35-27)30-7-8-36(14-20(30)12-30)16-26-33-23-11-24(29(38)39)34-28(23)37(26)15-21-6-9-40-21/h1-5,10-11,20-21,34H,6-9,12,14-17H2,(H,38,39)/t20-,21+,30+/m1/s1. The van der Waals surface area contributed by atoms with Gasteiger partial charge in [-0.2, -0.15) is 5.26 Å². The van der Waals surface area contributed by atoms with E-state index in [1.54, 1.807) is 24.3 Å². The number of imidazole rings is 1. The van der Waals surface area contributed by atoms with E-state index >= 15 is 0 Å². The molecule has 1 aromatic carbocycles. The number of carboxylic acids is 1. The molecule has 2 aliphatic heterocycles. The van der Waals surface area contributed by atoms with Crippen LogP contribution in [0.1, 0.15) is 52.4 Å². The lowest BCUT2D eigenvalue weighted by molar-refractivity contribution is -0.0593. The van der Waals surface area contributed by atoms with Crippen molar-refractivity contribution in [2.24, 2.45) is 5.92 Å².